The zero-order valence-electron chi connectivity index (χ0n) is 9.74. The molecule has 0 fully saturated rings. The zero-order valence-corrected chi connectivity index (χ0v) is 9.74. The van der Waals surface area contributed by atoms with E-state index in [0.717, 1.165) is 6.08 Å². The average Bonchev–Trinajstić information content (AvgIpc) is 2.91. The largest absolute Gasteiger partial charge is 0.478 e. The maximum absolute atomic E-state index is 11.7. The fourth-order valence-corrected chi connectivity index (χ4v) is 1.41. The molecule has 6 nitrogen and oxygen atoms in total. The first-order valence-electron chi connectivity index (χ1n) is 5.38. The third kappa shape index (κ3) is 3.53. The zero-order chi connectivity index (χ0) is 13.7. The lowest BCUT2D eigenvalue weighted by atomic mass is 10.2. The summed E-state index contributed by atoms with van der Waals surface area (Å²) in [4.78, 5) is 22.1. The maximum Gasteiger partial charge on any atom is 0.328 e. The Bertz CT molecular complexity index is 617. The normalized spacial score (nSPS) is 10.5. The molecule has 2 N–H and O–H groups in total. The number of carboxylic acids is 1. The lowest BCUT2D eigenvalue weighted by Gasteiger charge is -2.03. The molecule has 1 amide bonds. The molecule has 0 bridgehead atoms. The Hall–Kier alpha value is -2.89. The number of benzene rings is 1. The van der Waals surface area contributed by atoms with Crippen LogP contribution in [0, 0.1) is 0 Å². The molecular formula is C13H10N2O4. The lowest BCUT2D eigenvalue weighted by molar-refractivity contribution is -0.131. The van der Waals surface area contributed by atoms with Crippen molar-refractivity contribution in [3.63, 3.8) is 0 Å². The van der Waals surface area contributed by atoms with Gasteiger partial charge in [-0.1, -0.05) is 17.3 Å². The molecule has 0 saturated carbocycles. The molecule has 0 aliphatic rings. The number of nitrogens with zero attached hydrogens (tertiary/aromatic N) is 1. The second kappa shape index (κ2) is 5.63. The van der Waals surface area contributed by atoms with E-state index in [-0.39, 0.29) is 5.69 Å². The first-order chi connectivity index (χ1) is 9.15. The number of carbonyl (C=O) groups excluding carboxylic acids is 1. The van der Waals surface area contributed by atoms with Crippen LogP contribution in [0.1, 0.15) is 16.1 Å². The van der Waals surface area contributed by atoms with E-state index in [9.17, 15) is 9.59 Å². The van der Waals surface area contributed by atoms with E-state index < -0.39 is 11.9 Å². The van der Waals surface area contributed by atoms with Gasteiger partial charge >= 0.3 is 5.97 Å². The quantitative estimate of drug-likeness (QED) is 0.818. The van der Waals surface area contributed by atoms with Crippen molar-refractivity contribution in [2.45, 2.75) is 0 Å². The number of anilines is 1. The van der Waals surface area contributed by atoms with Crippen molar-refractivity contribution in [2.75, 3.05) is 5.32 Å². The van der Waals surface area contributed by atoms with Crippen molar-refractivity contribution in [1.82, 2.24) is 5.16 Å². The van der Waals surface area contributed by atoms with Crippen molar-refractivity contribution >= 4 is 23.6 Å². The summed E-state index contributed by atoms with van der Waals surface area (Å²) in [5.41, 5.74) is 1.38. The highest BCUT2D eigenvalue weighted by Gasteiger charge is 2.08. The van der Waals surface area contributed by atoms with Crippen LogP contribution in [-0.4, -0.2) is 22.1 Å². The predicted octanol–water partition coefficient (Wildman–Crippen LogP) is 2.02. The Morgan fingerprint density at radius 3 is 2.84 bits per heavy atom. The van der Waals surface area contributed by atoms with Gasteiger partial charge in [0.2, 0.25) is 0 Å². The highest BCUT2D eigenvalue weighted by molar-refractivity contribution is 6.02. The van der Waals surface area contributed by atoms with Gasteiger partial charge in [-0.2, -0.15) is 0 Å². The van der Waals surface area contributed by atoms with Crippen LogP contribution in [0.4, 0.5) is 5.69 Å². The summed E-state index contributed by atoms with van der Waals surface area (Å²) in [5.74, 6) is -1.43. The molecule has 1 heterocycles. The Balaban J connectivity index is 2.11. The Kier molecular flexibility index (Phi) is 3.72. The van der Waals surface area contributed by atoms with Gasteiger partial charge < -0.3 is 14.9 Å². The second-order valence-electron chi connectivity index (χ2n) is 3.64. The molecule has 0 unspecified atom stereocenters. The first kappa shape index (κ1) is 12.6. The van der Waals surface area contributed by atoms with Crippen molar-refractivity contribution in [3.8, 4) is 0 Å². The molecule has 0 saturated heterocycles. The van der Waals surface area contributed by atoms with Gasteiger partial charge in [0.25, 0.3) is 5.91 Å². The van der Waals surface area contributed by atoms with E-state index in [0.29, 0.717) is 11.3 Å². The molecule has 0 atom stereocenters. The van der Waals surface area contributed by atoms with E-state index in [2.05, 4.69) is 15.0 Å². The highest BCUT2D eigenvalue weighted by Crippen LogP contribution is 2.13. The smallest absolute Gasteiger partial charge is 0.328 e. The van der Waals surface area contributed by atoms with Crippen molar-refractivity contribution in [1.29, 1.82) is 0 Å². The number of hydrogen-bond acceptors (Lipinski definition) is 4. The first-order valence-corrected chi connectivity index (χ1v) is 5.38. The summed E-state index contributed by atoms with van der Waals surface area (Å²) in [7, 11) is 0. The summed E-state index contributed by atoms with van der Waals surface area (Å²) in [6.07, 6.45) is 3.77. The van der Waals surface area contributed by atoms with Crippen molar-refractivity contribution in [2.24, 2.45) is 0 Å². The molecule has 1 aromatic heterocycles. The third-order valence-electron chi connectivity index (χ3n) is 2.23. The van der Waals surface area contributed by atoms with Gasteiger partial charge in [0, 0.05) is 17.8 Å². The SMILES string of the molecule is O=C(O)C=Cc1cccc(NC(=O)c2ccon2)c1. The molecule has 0 radical (unpaired) electrons. The number of carboxylic acid groups (broad SMARTS) is 1. The number of aromatic nitrogens is 1. The summed E-state index contributed by atoms with van der Waals surface area (Å²) < 4.78 is 4.57. The van der Waals surface area contributed by atoms with Crippen LogP contribution in [-0.2, 0) is 4.79 Å². The van der Waals surface area contributed by atoms with E-state index in [1.807, 2.05) is 0 Å². The van der Waals surface area contributed by atoms with Crippen LogP contribution in [0.25, 0.3) is 6.08 Å². The third-order valence-corrected chi connectivity index (χ3v) is 2.23. The molecule has 19 heavy (non-hydrogen) atoms. The molecule has 6 heteroatoms. The minimum Gasteiger partial charge on any atom is -0.478 e. The van der Waals surface area contributed by atoms with E-state index in [1.54, 1.807) is 24.3 Å². The lowest BCUT2D eigenvalue weighted by Crippen LogP contribution is -2.12. The van der Waals surface area contributed by atoms with E-state index in [4.69, 9.17) is 5.11 Å². The number of nitrogens with one attached hydrogen (secondary N) is 1. The molecular weight excluding hydrogens is 248 g/mol. The average molecular weight is 258 g/mol. The summed E-state index contributed by atoms with van der Waals surface area (Å²) in [5, 5.41) is 14.7. The van der Waals surface area contributed by atoms with Crippen LogP contribution < -0.4 is 5.32 Å². The van der Waals surface area contributed by atoms with Gasteiger partial charge in [-0.05, 0) is 23.8 Å². The number of hydrogen-bond donors (Lipinski definition) is 2. The summed E-state index contributed by atoms with van der Waals surface area (Å²) in [6, 6.07) is 8.22. The minimum absolute atomic E-state index is 0.173. The molecule has 96 valence electrons. The number of aliphatic carboxylic acids is 1. The molecule has 1 aromatic carbocycles. The Labute approximate surface area is 108 Å². The second-order valence-corrected chi connectivity index (χ2v) is 3.64. The van der Waals surface area contributed by atoms with Gasteiger partial charge in [-0.3, -0.25) is 4.79 Å². The molecule has 2 rings (SSSR count). The fraction of sp³-hybridized carbons (Fsp3) is 0. The van der Waals surface area contributed by atoms with Crippen molar-refractivity contribution < 1.29 is 19.2 Å². The molecule has 2 aromatic rings. The Morgan fingerprint density at radius 2 is 2.16 bits per heavy atom. The molecule has 0 aliphatic carbocycles. The van der Waals surface area contributed by atoms with Crippen LogP contribution in [0.3, 0.4) is 0 Å². The van der Waals surface area contributed by atoms with Gasteiger partial charge in [-0.15, -0.1) is 0 Å². The van der Waals surface area contributed by atoms with Crippen LogP contribution in [0.15, 0.2) is 47.2 Å². The topological polar surface area (TPSA) is 92.4 Å². The number of amides is 1. The van der Waals surface area contributed by atoms with Gasteiger partial charge in [0.15, 0.2) is 5.69 Å². The number of rotatable bonds is 4. The van der Waals surface area contributed by atoms with Crippen molar-refractivity contribution in [3.05, 3.63) is 53.9 Å². The van der Waals surface area contributed by atoms with Gasteiger partial charge in [-0.25, -0.2) is 4.79 Å². The van der Waals surface area contributed by atoms with E-state index in [1.165, 1.54) is 18.4 Å². The van der Waals surface area contributed by atoms with Gasteiger partial charge in [0.05, 0.1) is 0 Å². The fourth-order valence-electron chi connectivity index (χ4n) is 1.41. The Morgan fingerprint density at radius 1 is 1.32 bits per heavy atom. The predicted molar refractivity (Wildman–Crippen MR) is 67.6 cm³/mol. The molecule has 0 aliphatic heterocycles. The van der Waals surface area contributed by atoms with E-state index >= 15 is 0 Å². The molecule has 0 spiro atoms. The summed E-state index contributed by atoms with van der Waals surface area (Å²) >= 11 is 0. The minimum atomic E-state index is -1.03. The van der Waals surface area contributed by atoms with Crippen LogP contribution in [0.5, 0.6) is 0 Å². The maximum atomic E-state index is 11.7. The van der Waals surface area contributed by atoms with Crippen LogP contribution in [0.2, 0.25) is 0 Å². The van der Waals surface area contributed by atoms with Crippen LogP contribution >= 0.6 is 0 Å². The standard InChI is InChI=1S/C13H10N2O4/c16-12(17)5-4-9-2-1-3-10(8-9)14-13(18)11-6-7-19-15-11/h1-8H,(H,14,18)(H,16,17). The van der Waals surface area contributed by atoms with Gasteiger partial charge in [0.1, 0.15) is 6.26 Å². The monoisotopic (exact) mass is 258 g/mol. The number of carbonyl (C=O) groups is 2. The summed E-state index contributed by atoms with van der Waals surface area (Å²) in [6.45, 7) is 0. The highest BCUT2D eigenvalue weighted by atomic mass is 16.5.